The van der Waals surface area contributed by atoms with E-state index in [1.165, 1.54) is 12.4 Å². The Morgan fingerprint density at radius 2 is 1.61 bits per heavy atom. The number of aromatic nitrogens is 4. The highest BCUT2D eigenvalue weighted by atomic mass is 32.2. The number of alkyl halides is 3. The number of carbonyl (C=O) groups excluding carboxylic acids is 1. The Morgan fingerprint density at radius 1 is 0.927 bits per heavy atom. The van der Waals surface area contributed by atoms with E-state index in [0.29, 0.717) is 27.9 Å². The molecule has 0 saturated carbocycles. The van der Waals surface area contributed by atoms with Crippen LogP contribution in [0.2, 0.25) is 0 Å². The number of benzene rings is 2. The van der Waals surface area contributed by atoms with Gasteiger partial charge in [-0.2, -0.15) is 13.2 Å². The van der Waals surface area contributed by atoms with Crippen molar-refractivity contribution in [2.75, 3.05) is 31.1 Å². The van der Waals surface area contributed by atoms with Crippen LogP contribution < -0.4 is 4.90 Å². The second-order valence-electron chi connectivity index (χ2n) is 9.43. The van der Waals surface area contributed by atoms with Gasteiger partial charge < -0.3 is 14.4 Å². The summed E-state index contributed by atoms with van der Waals surface area (Å²) in [5, 5.41) is 0. The van der Waals surface area contributed by atoms with E-state index in [9.17, 15) is 26.7 Å². The van der Waals surface area contributed by atoms with Crippen molar-refractivity contribution in [3.8, 4) is 22.4 Å². The van der Waals surface area contributed by atoms with Gasteiger partial charge in [-0.25, -0.2) is 15.0 Å². The van der Waals surface area contributed by atoms with Crippen molar-refractivity contribution in [3.63, 3.8) is 0 Å². The fourth-order valence-electron chi connectivity index (χ4n) is 4.57. The van der Waals surface area contributed by atoms with Gasteiger partial charge in [0.1, 0.15) is 11.5 Å². The lowest BCUT2D eigenvalue weighted by Crippen LogP contribution is -2.49. The van der Waals surface area contributed by atoms with Crippen molar-refractivity contribution in [1.82, 2.24) is 24.8 Å². The molecule has 212 valence electrons. The van der Waals surface area contributed by atoms with Gasteiger partial charge in [0.05, 0.1) is 23.1 Å². The number of carbonyl (C=O) groups is 1. The quantitative estimate of drug-likeness (QED) is 0.310. The Bertz CT molecular complexity index is 1560. The zero-order chi connectivity index (χ0) is 29.1. The van der Waals surface area contributed by atoms with E-state index >= 15 is 0 Å². The Morgan fingerprint density at radius 3 is 2.20 bits per heavy atom. The van der Waals surface area contributed by atoms with Crippen LogP contribution in [-0.4, -0.2) is 65.7 Å². The third-order valence-electron chi connectivity index (χ3n) is 6.58. The minimum absolute atomic E-state index is 0.0664. The molecule has 1 unspecified atom stereocenters. The molecule has 0 N–H and O–H groups in total. The molecule has 1 amide bonds. The lowest BCUT2D eigenvalue weighted by atomic mass is 9.98. The summed E-state index contributed by atoms with van der Waals surface area (Å²) in [5.41, 5.74) is 2.83. The molecule has 2 aromatic carbocycles. The van der Waals surface area contributed by atoms with Crippen LogP contribution in [0.4, 0.5) is 19.0 Å². The van der Waals surface area contributed by atoms with Gasteiger partial charge in [-0.05, 0) is 18.1 Å². The van der Waals surface area contributed by atoms with Crippen LogP contribution in [0.15, 0.2) is 67.0 Å². The summed E-state index contributed by atoms with van der Waals surface area (Å²) in [5.74, 6) is -1.72. The van der Waals surface area contributed by atoms with Crippen molar-refractivity contribution in [2.45, 2.75) is 18.9 Å². The lowest BCUT2D eigenvalue weighted by Gasteiger charge is -2.36. The second kappa shape index (κ2) is 11.7. The molecule has 1 atom stereocenters. The van der Waals surface area contributed by atoms with Crippen LogP contribution in [-0.2, 0) is 23.0 Å². The lowest BCUT2D eigenvalue weighted by molar-refractivity contribution is -0.144. The van der Waals surface area contributed by atoms with E-state index in [0.717, 1.165) is 0 Å². The first kappa shape index (κ1) is 28.3. The molecule has 1 aliphatic heterocycles. The number of nitrogens with zero attached hydrogens (tertiary/aromatic N) is 6. The molecule has 0 radical (unpaired) electrons. The smallest absolute Gasteiger partial charge is 0.451 e. The van der Waals surface area contributed by atoms with E-state index in [1.54, 1.807) is 71.3 Å². The Labute approximate surface area is 236 Å². The van der Waals surface area contributed by atoms with Gasteiger partial charge in [0.2, 0.25) is 5.82 Å². The van der Waals surface area contributed by atoms with Crippen molar-refractivity contribution >= 4 is 22.8 Å². The van der Waals surface area contributed by atoms with Crippen LogP contribution >= 0.6 is 0 Å². The molecule has 1 aliphatic rings. The predicted molar refractivity (Wildman–Crippen MR) is 145 cm³/mol. The molecule has 0 aliphatic carbocycles. The number of anilines is 1. The molecule has 13 heteroatoms. The third kappa shape index (κ3) is 6.41. The monoisotopic (exact) mass is 581 g/mol. The first-order chi connectivity index (χ1) is 19.6. The van der Waals surface area contributed by atoms with Crippen molar-refractivity contribution < 1.29 is 26.7 Å². The number of aryl methyl sites for hydroxylation is 1. The van der Waals surface area contributed by atoms with E-state index in [2.05, 4.69) is 19.9 Å². The molecule has 2 aromatic heterocycles. The maximum Gasteiger partial charge on any atom is 0.451 e. The Balaban J connectivity index is 1.55. The Kier molecular flexibility index (Phi) is 8.08. The van der Waals surface area contributed by atoms with Crippen molar-refractivity contribution in [2.24, 2.45) is 0 Å². The van der Waals surface area contributed by atoms with E-state index in [-0.39, 0.29) is 55.0 Å². The summed E-state index contributed by atoms with van der Waals surface area (Å²) < 4.78 is 64.5. The largest absolute Gasteiger partial charge is 0.772 e. The summed E-state index contributed by atoms with van der Waals surface area (Å²) in [6.45, 7) is 2.70. The van der Waals surface area contributed by atoms with Crippen molar-refractivity contribution in [3.05, 3.63) is 89.8 Å². The van der Waals surface area contributed by atoms with E-state index < -0.39 is 23.1 Å². The molecule has 5 rings (SSSR count). The number of halogens is 3. The molecule has 9 nitrogen and oxygen atoms in total. The van der Waals surface area contributed by atoms with Gasteiger partial charge in [0, 0.05) is 43.7 Å². The van der Waals surface area contributed by atoms with Crippen LogP contribution in [0.1, 0.15) is 27.6 Å². The zero-order valence-corrected chi connectivity index (χ0v) is 22.7. The summed E-state index contributed by atoms with van der Waals surface area (Å²) in [7, 11) is 0. The standard InChI is InChI=1S/C28H25F3N6O3S/c1-18-15-33-22(16-32-18)26(38)37-13-11-36(12-14-37)25-23(20-5-3-2-4-6-20)24(34-27(35-25)28(29,30)31)21-9-7-19(8-10-21)17-41(39)40/h2-10,15-16H,11-14,17H2,1H3,(H,39,40)/p-1. The van der Waals surface area contributed by atoms with Gasteiger partial charge in [-0.1, -0.05) is 65.7 Å². The summed E-state index contributed by atoms with van der Waals surface area (Å²) in [6, 6.07) is 15.1. The molecule has 3 heterocycles. The third-order valence-corrected chi connectivity index (χ3v) is 7.15. The zero-order valence-electron chi connectivity index (χ0n) is 21.8. The predicted octanol–water partition coefficient (Wildman–Crippen LogP) is 4.27. The van der Waals surface area contributed by atoms with Gasteiger partial charge in [0.15, 0.2) is 0 Å². The van der Waals surface area contributed by atoms with Crippen molar-refractivity contribution in [1.29, 1.82) is 0 Å². The first-order valence-electron chi connectivity index (χ1n) is 12.6. The molecule has 1 saturated heterocycles. The number of hydrogen-bond donors (Lipinski definition) is 0. The van der Waals surface area contributed by atoms with Gasteiger partial charge in [-0.15, -0.1) is 0 Å². The Hall–Kier alpha value is -4.23. The topological polar surface area (TPSA) is 115 Å². The van der Waals surface area contributed by atoms with Crippen LogP contribution in [0, 0.1) is 6.92 Å². The van der Waals surface area contributed by atoms with E-state index in [4.69, 9.17) is 0 Å². The number of rotatable bonds is 6. The molecular weight excluding hydrogens is 557 g/mol. The normalized spacial score (nSPS) is 14.7. The maximum absolute atomic E-state index is 14.1. The number of amides is 1. The summed E-state index contributed by atoms with van der Waals surface area (Å²) in [6.07, 6.45) is -1.91. The SMILES string of the molecule is Cc1cnc(C(=O)N2CCN(c3nc(C(F)(F)F)nc(-c4ccc(CS(=O)[O-])cc4)c3-c3ccccc3)CC2)cn1. The first-order valence-corrected chi connectivity index (χ1v) is 13.9. The number of piperazine rings is 1. The van der Waals surface area contributed by atoms with Gasteiger partial charge in [0.25, 0.3) is 5.91 Å². The molecular formula is C28H24F3N6O3S-. The molecule has 4 aromatic rings. The summed E-state index contributed by atoms with van der Waals surface area (Å²) >= 11 is -2.31. The fourth-order valence-corrected chi connectivity index (χ4v) is 5.03. The fraction of sp³-hybridized carbons (Fsp3) is 0.250. The molecule has 0 bridgehead atoms. The molecule has 1 fully saturated rings. The van der Waals surface area contributed by atoms with Crippen LogP contribution in [0.5, 0.6) is 0 Å². The highest BCUT2D eigenvalue weighted by Crippen LogP contribution is 2.40. The average Bonchev–Trinajstić information content (AvgIpc) is 2.97. The minimum Gasteiger partial charge on any atom is -0.772 e. The highest BCUT2D eigenvalue weighted by molar-refractivity contribution is 7.78. The van der Waals surface area contributed by atoms with E-state index in [1.807, 2.05) is 0 Å². The molecule has 41 heavy (non-hydrogen) atoms. The summed E-state index contributed by atoms with van der Waals surface area (Å²) in [4.78, 5) is 32.5. The average molecular weight is 582 g/mol. The van der Waals surface area contributed by atoms with Gasteiger partial charge >= 0.3 is 6.18 Å². The minimum atomic E-state index is -4.82. The maximum atomic E-state index is 14.1. The van der Waals surface area contributed by atoms with Crippen LogP contribution in [0.3, 0.4) is 0 Å². The highest BCUT2D eigenvalue weighted by Gasteiger charge is 2.38. The number of hydrogen-bond acceptors (Lipinski definition) is 8. The molecule has 0 spiro atoms. The second-order valence-corrected chi connectivity index (χ2v) is 10.3. The van der Waals surface area contributed by atoms with Crippen LogP contribution in [0.25, 0.3) is 22.4 Å². The van der Waals surface area contributed by atoms with Gasteiger partial charge in [-0.3, -0.25) is 14.0 Å².